The number of fused-ring (bicyclic) bond motifs is 5. The summed E-state index contributed by atoms with van der Waals surface area (Å²) >= 11 is 7.38. The van der Waals surface area contributed by atoms with E-state index < -0.39 is 45.8 Å². The van der Waals surface area contributed by atoms with Crippen LogP contribution in [0.4, 0.5) is 0 Å². The molecule has 31 heavy (non-hydrogen) atoms. The molecular formula is C24H31ClO6. The number of hydrogen-bond acceptors (Lipinski definition) is 6. The lowest BCUT2D eigenvalue weighted by Gasteiger charge is -2.64. The van der Waals surface area contributed by atoms with E-state index in [1.54, 1.807) is 6.08 Å². The van der Waals surface area contributed by atoms with Gasteiger partial charge in [-0.25, -0.2) is 0 Å². The monoisotopic (exact) mass is 450 g/mol. The molecule has 0 unspecified atom stereocenters. The van der Waals surface area contributed by atoms with Crippen molar-refractivity contribution in [2.75, 3.05) is 6.61 Å². The Morgan fingerprint density at radius 3 is 2.58 bits per heavy atom. The van der Waals surface area contributed by atoms with Crippen LogP contribution in [0.3, 0.4) is 0 Å². The highest BCUT2D eigenvalue weighted by molar-refractivity contribution is 6.26. The SMILES string of the molecule is CC(=O)O[C@]1(C(=O)CO)[C@H](C)C[C@H]2[C@@H]3CCC4=CC(=O)C=C[C@]4(C)[C@@]3(Cl)[C@@H](O)C[C@@]21C. The number of esters is 1. The molecule has 4 aliphatic rings. The molecule has 3 fully saturated rings. The van der Waals surface area contributed by atoms with Crippen molar-refractivity contribution in [1.82, 2.24) is 0 Å². The molecule has 8 atom stereocenters. The number of hydrogen-bond donors (Lipinski definition) is 2. The minimum atomic E-state index is -1.51. The number of carbonyl (C=O) groups is 3. The minimum absolute atomic E-state index is 0.0711. The highest BCUT2D eigenvalue weighted by Gasteiger charge is 2.76. The van der Waals surface area contributed by atoms with Crippen LogP contribution in [0.15, 0.2) is 23.8 Å². The lowest BCUT2D eigenvalue weighted by molar-refractivity contribution is -0.201. The number of ether oxygens (including phenoxy) is 1. The normalized spacial score (nSPS) is 48.4. The Balaban J connectivity index is 1.86. The molecule has 0 aromatic carbocycles. The second kappa shape index (κ2) is 7.00. The van der Waals surface area contributed by atoms with Crippen molar-refractivity contribution in [2.24, 2.45) is 28.6 Å². The number of carbonyl (C=O) groups excluding carboxylic acids is 3. The molecule has 0 heterocycles. The Morgan fingerprint density at radius 2 is 1.97 bits per heavy atom. The largest absolute Gasteiger partial charge is 0.450 e. The maximum Gasteiger partial charge on any atom is 0.303 e. The first-order valence-corrected chi connectivity index (χ1v) is 11.4. The molecule has 0 aromatic rings. The fraction of sp³-hybridized carbons (Fsp3) is 0.708. The van der Waals surface area contributed by atoms with Crippen molar-refractivity contribution in [1.29, 1.82) is 0 Å². The van der Waals surface area contributed by atoms with Crippen LogP contribution in [0, 0.1) is 28.6 Å². The van der Waals surface area contributed by atoms with Crippen molar-refractivity contribution in [3.05, 3.63) is 23.8 Å². The van der Waals surface area contributed by atoms with E-state index in [1.807, 2.05) is 26.8 Å². The average Bonchev–Trinajstić information content (AvgIpc) is 2.90. The van der Waals surface area contributed by atoms with Gasteiger partial charge in [-0.1, -0.05) is 32.4 Å². The molecule has 0 spiro atoms. The first-order valence-electron chi connectivity index (χ1n) is 11.0. The Kier molecular flexibility index (Phi) is 5.12. The van der Waals surface area contributed by atoms with Crippen LogP contribution in [0.2, 0.25) is 0 Å². The molecule has 0 aromatic heterocycles. The van der Waals surface area contributed by atoms with Crippen LogP contribution in [0.25, 0.3) is 0 Å². The third-order valence-corrected chi connectivity index (χ3v) is 9.97. The number of Topliss-reactive ketones (excluding diaryl/α,β-unsaturated/α-hetero) is 1. The second-order valence-corrected chi connectivity index (χ2v) is 10.9. The molecule has 3 saturated carbocycles. The number of halogens is 1. The van der Waals surface area contributed by atoms with Gasteiger partial charge in [-0.15, -0.1) is 11.6 Å². The molecule has 0 saturated heterocycles. The summed E-state index contributed by atoms with van der Waals surface area (Å²) in [5.74, 6) is -1.76. The van der Waals surface area contributed by atoms with E-state index in [0.717, 1.165) is 5.57 Å². The zero-order valence-corrected chi connectivity index (χ0v) is 19.2. The Bertz CT molecular complexity index is 910. The fourth-order valence-corrected chi connectivity index (χ4v) is 8.27. The van der Waals surface area contributed by atoms with E-state index in [-0.39, 0.29) is 30.0 Å². The predicted molar refractivity (Wildman–Crippen MR) is 114 cm³/mol. The standard InChI is InChI=1S/C24H31ClO6/c1-13-9-18-17-6-5-15-10-16(28)7-8-21(15,3)23(17,25)19(29)11-22(18,4)24(13,20(30)12-26)31-14(2)27/h7-8,10,13,17-19,26,29H,5-6,9,11-12H2,1-4H3/t13-,17+,18+,19+,21+,22+,23+,24+/m1/s1. The van der Waals surface area contributed by atoms with Gasteiger partial charge in [-0.3, -0.25) is 14.4 Å². The van der Waals surface area contributed by atoms with Crippen LogP contribution in [0.5, 0.6) is 0 Å². The van der Waals surface area contributed by atoms with Crippen molar-refractivity contribution < 1.29 is 29.3 Å². The lowest BCUT2D eigenvalue weighted by Crippen LogP contribution is -2.69. The number of ketones is 2. The third kappa shape index (κ3) is 2.61. The molecule has 7 heteroatoms. The number of aliphatic hydroxyl groups excluding tert-OH is 2. The number of alkyl halides is 1. The summed E-state index contributed by atoms with van der Waals surface area (Å²) in [5, 5.41) is 21.3. The summed E-state index contributed by atoms with van der Waals surface area (Å²) < 4.78 is 5.77. The van der Waals surface area contributed by atoms with Gasteiger partial charge in [0.1, 0.15) is 6.61 Å². The van der Waals surface area contributed by atoms with Crippen LogP contribution >= 0.6 is 11.6 Å². The van der Waals surface area contributed by atoms with Gasteiger partial charge in [0.05, 0.1) is 11.0 Å². The summed E-state index contributed by atoms with van der Waals surface area (Å²) in [4.78, 5) is 36.2. The average molecular weight is 451 g/mol. The van der Waals surface area contributed by atoms with Crippen LogP contribution in [0.1, 0.15) is 53.4 Å². The maximum atomic E-state index is 13.1. The summed E-state index contributed by atoms with van der Waals surface area (Å²) in [7, 11) is 0. The summed E-state index contributed by atoms with van der Waals surface area (Å²) in [6, 6.07) is 0. The third-order valence-electron chi connectivity index (χ3n) is 9.04. The summed E-state index contributed by atoms with van der Waals surface area (Å²) in [5.41, 5.74) is -2.14. The Labute approximate surface area is 187 Å². The van der Waals surface area contributed by atoms with Crippen molar-refractivity contribution in [3.8, 4) is 0 Å². The molecule has 170 valence electrons. The van der Waals surface area contributed by atoms with E-state index in [9.17, 15) is 24.6 Å². The van der Waals surface area contributed by atoms with Crippen LogP contribution in [-0.2, 0) is 19.1 Å². The topological polar surface area (TPSA) is 101 Å². The minimum Gasteiger partial charge on any atom is -0.450 e. The molecule has 0 radical (unpaired) electrons. The van der Waals surface area contributed by atoms with Crippen molar-refractivity contribution in [3.63, 3.8) is 0 Å². The number of rotatable bonds is 3. The molecular weight excluding hydrogens is 420 g/mol. The quantitative estimate of drug-likeness (QED) is 0.506. The highest BCUT2D eigenvalue weighted by Crippen LogP contribution is 2.72. The smallest absolute Gasteiger partial charge is 0.303 e. The zero-order chi connectivity index (χ0) is 23.0. The molecule has 0 amide bonds. The number of aliphatic hydroxyl groups is 2. The first kappa shape index (κ1) is 22.7. The van der Waals surface area contributed by atoms with Crippen molar-refractivity contribution in [2.45, 2.75) is 70.0 Å². The Hall–Kier alpha value is -1.50. The van der Waals surface area contributed by atoms with E-state index in [0.29, 0.717) is 19.3 Å². The van der Waals surface area contributed by atoms with Gasteiger partial charge in [0.25, 0.3) is 0 Å². The van der Waals surface area contributed by atoms with Gasteiger partial charge in [-0.05, 0) is 49.7 Å². The molecule has 0 bridgehead atoms. The van der Waals surface area contributed by atoms with Gasteiger partial charge >= 0.3 is 5.97 Å². The number of allylic oxidation sites excluding steroid dienone is 4. The zero-order valence-electron chi connectivity index (χ0n) is 18.5. The van der Waals surface area contributed by atoms with Gasteiger partial charge in [-0.2, -0.15) is 0 Å². The fourth-order valence-electron chi connectivity index (χ4n) is 7.74. The first-order chi connectivity index (χ1) is 14.4. The van der Waals surface area contributed by atoms with Gasteiger partial charge < -0.3 is 14.9 Å². The predicted octanol–water partition coefficient (Wildman–Crippen LogP) is 2.74. The van der Waals surface area contributed by atoms with E-state index in [4.69, 9.17) is 16.3 Å². The molecule has 0 aliphatic heterocycles. The molecule has 6 nitrogen and oxygen atoms in total. The van der Waals surface area contributed by atoms with E-state index >= 15 is 0 Å². The van der Waals surface area contributed by atoms with Gasteiger partial charge in [0.15, 0.2) is 11.4 Å². The van der Waals surface area contributed by atoms with Gasteiger partial charge in [0.2, 0.25) is 5.78 Å². The molecule has 4 rings (SSSR count). The van der Waals surface area contributed by atoms with Crippen molar-refractivity contribution >= 4 is 29.1 Å². The highest BCUT2D eigenvalue weighted by atomic mass is 35.5. The summed E-state index contributed by atoms with van der Waals surface area (Å²) in [6.45, 7) is 6.28. The lowest BCUT2D eigenvalue weighted by atomic mass is 9.45. The summed E-state index contributed by atoms with van der Waals surface area (Å²) in [6.07, 6.45) is 6.08. The second-order valence-electron chi connectivity index (χ2n) is 10.3. The Morgan fingerprint density at radius 1 is 1.29 bits per heavy atom. The van der Waals surface area contributed by atoms with Crippen LogP contribution in [-0.4, -0.2) is 50.9 Å². The van der Waals surface area contributed by atoms with Gasteiger partial charge in [0, 0.05) is 23.7 Å². The molecule has 4 aliphatic carbocycles. The van der Waals surface area contributed by atoms with Crippen LogP contribution < -0.4 is 0 Å². The van der Waals surface area contributed by atoms with E-state index in [2.05, 4.69) is 0 Å². The van der Waals surface area contributed by atoms with E-state index in [1.165, 1.54) is 13.0 Å². The maximum absolute atomic E-state index is 13.1. The molecule has 2 N–H and O–H groups in total.